The van der Waals surface area contributed by atoms with Crippen molar-refractivity contribution in [3.05, 3.63) is 35.9 Å². The van der Waals surface area contributed by atoms with Gasteiger partial charge in [0.2, 0.25) is 5.91 Å². The van der Waals surface area contributed by atoms with Crippen LogP contribution in [0.25, 0.3) is 0 Å². The van der Waals surface area contributed by atoms with E-state index in [0.29, 0.717) is 12.8 Å². The molecule has 0 aliphatic carbocycles. The number of carbonyl (C=O) groups is 2. The first-order valence-corrected chi connectivity index (χ1v) is 7.70. The molecule has 0 aromatic heterocycles. The first kappa shape index (κ1) is 16.5. The highest BCUT2D eigenvalue weighted by atomic mass is 16.6. The van der Waals surface area contributed by atoms with Crippen molar-refractivity contribution in [2.75, 3.05) is 0 Å². The van der Waals surface area contributed by atoms with E-state index in [2.05, 4.69) is 5.32 Å². The number of benzene rings is 1. The Labute approximate surface area is 131 Å². The molecule has 1 aromatic carbocycles. The topological polar surface area (TPSA) is 64.6 Å². The SMILES string of the molecule is CCC1(CC)C(=O)NC1O[C@H](C)C(=O)OCc1ccccc1. The smallest absolute Gasteiger partial charge is 0.335 e. The van der Waals surface area contributed by atoms with Crippen molar-refractivity contribution in [2.45, 2.75) is 52.6 Å². The predicted octanol–water partition coefficient (Wildman–Crippen LogP) is 2.40. The summed E-state index contributed by atoms with van der Waals surface area (Å²) in [5.74, 6) is -0.432. The van der Waals surface area contributed by atoms with E-state index in [1.54, 1.807) is 6.92 Å². The molecule has 1 heterocycles. The number of esters is 1. The zero-order valence-electron chi connectivity index (χ0n) is 13.3. The van der Waals surface area contributed by atoms with Crippen molar-refractivity contribution < 1.29 is 19.1 Å². The van der Waals surface area contributed by atoms with Crippen LogP contribution in [0.15, 0.2) is 30.3 Å². The van der Waals surface area contributed by atoms with Gasteiger partial charge < -0.3 is 14.8 Å². The monoisotopic (exact) mass is 305 g/mol. The minimum Gasteiger partial charge on any atom is -0.459 e. The summed E-state index contributed by atoms with van der Waals surface area (Å²) in [6.45, 7) is 5.78. The summed E-state index contributed by atoms with van der Waals surface area (Å²) >= 11 is 0. The van der Waals surface area contributed by atoms with E-state index in [9.17, 15) is 9.59 Å². The van der Waals surface area contributed by atoms with Crippen molar-refractivity contribution in [1.82, 2.24) is 5.32 Å². The average molecular weight is 305 g/mol. The number of hydrogen-bond acceptors (Lipinski definition) is 4. The van der Waals surface area contributed by atoms with E-state index in [1.807, 2.05) is 44.2 Å². The van der Waals surface area contributed by atoms with Crippen LogP contribution in [-0.4, -0.2) is 24.2 Å². The first-order valence-electron chi connectivity index (χ1n) is 7.70. The van der Waals surface area contributed by atoms with E-state index in [4.69, 9.17) is 9.47 Å². The van der Waals surface area contributed by atoms with Crippen LogP contribution < -0.4 is 5.32 Å². The largest absolute Gasteiger partial charge is 0.459 e. The molecule has 22 heavy (non-hydrogen) atoms. The van der Waals surface area contributed by atoms with Crippen LogP contribution in [0.3, 0.4) is 0 Å². The molecular weight excluding hydrogens is 282 g/mol. The van der Waals surface area contributed by atoms with Gasteiger partial charge in [-0.05, 0) is 25.3 Å². The van der Waals surface area contributed by atoms with Gasteiger partial charge in [0, 0.05) is 0 Å². The van der Waals surface area contributed by atoms with E-state index >= 15 is 0 Å². The number of amides is 1. The van der Waals surface area contributed by atoms with Gasteiger partial charge in [0.15, 0.2) is 6.10 Å². The fraction of sp³-hybridized carbons (Fsp3) is 0.529. The summed E-state index contributed by atoms with van der Waals surface area (Å²) < 4.78 is 10.9. The Bertz CT molecular complexity index is 525. The summed E-state index contributed by atoms with van der Waals surface area (Å²) in [4.78, 5) is 23.8. The fourth-order valence-electron chi connectivity index (χ4n) is 2.65. The Hall–Kier alpha value is -1.88. The summed E-state index contributed by atoms with van der Waals surface area (Å²) in [6.07, 6.45) is 0.235. The lowest BCUT2D eigenvalue weighted by atomic mass is 9.73. The molecule has 2 atom stereocenters. The second-order valence-corrected chi connectivity index (χ2v) is 5.59. The Balaban J connectivity index is 1.85. The molecule has 5 nitrogen and oxygen atoms in total. The first-order chi connectivity index (χ1) is 10.5. The van der Waals surface area contributed by atoms with Crippen molar-refractivity contribution in [2.24, 2.45) is 5.41 Å². The van der Waals surface area contributed by atoms with Gasteiger partial charge in [-0.2, -0.15) is 0 Å². The molecule has 1 aromatic rings. The maximum Gasteiger partial charge on any atom is 0.335 e. The van der Waals surface area contributed by atoms with Crippen molar-refractivity contribution >= 4 is 11.9 Å². The number of hydrogen-bond donors (Lipinski definition) is 1. The molecule has 0 bridgehead atoms. The minimum absolute atomic E-state index is 0.00708. The third-order valence-electron chi connectivity index (χ3n) is 4.37. The molecule has 1 saturated heterocycles. The van der Waals surface area contributed by atoms with E-state index < -0.39 is 23.7 Å². The van der Waals surface area contributed by atoms with E-state index in [1.165, 1.54) is 0 Å². The quantitative estimate of drug-likeness (QED) is 0.620. The Kier molecular flexibility index (Phi) is 5.19. The number of nitrogens with one attached hydrogen (secondary N) is 1. The normalized spacial score (nSPS) is 20.7. The zero-order valence-corrected chi connectivity index (χ0v) is 13.3. The summed E-state index contributed by atoms with van der Waals surface area (Å²) in [7, 11) is 0. The molecule has 1 unspecified atom stereocenters. The Morgan fingerprint density at radius 1 is 1.27 bits per heavy atom. The van der Waals surface area contributed by atoms with Gasteiger partial charge >= 0.3 is 5.97 Å². The van der Waals surface area contributed by atoms with Gasteiger partial charge in [-0.3, -0.25) is 4.79 Å². The van der Waals surface area contributed by atoms with Gasteiger partial charge in [-0.15, -0.1) is 0 Å². The molecule has 1 aliphatic heterocycles. The molecule has 1 amide bonds. The maximum atomic E-state index is 12.0. The highest BCUT2D eigenvalue weighted by Crippen LogP contribution is 2.39. The average Bonchev–Trinajstić information content (AvgIpc) is 2.54. The minimum atomic E-state index is -0.716. The van der Waals surface area contributed by atoms with Gasteiger partial charge in [-0.25, -0.2) is 4.79 Å². The molecule has 1 N–H and O–H groups in total. The number of β-lactam (4-membered cyclic amide) rings is 1. The number of rotatable bonds is 7. The molecule has 1 fully saturated rings. The number of ether oxygens (including phenoxy) is 2. The molecule has 0 radical (unpaired) electrons. The molecule has 0 saturated carbocycles. The molecule has 5 heteroatoms. The van der Waals surface area contributed by atoms with Gasteiger partial charge in [-0.1, -0.05) is 44.2 Å². The standard InChI is InChI=1S/C17H23NO4/c1-4-17(5-2)15(20)18-16(17)22-12(3)14(19)21-11-13-9-7-6-8-10-13/h6-10,12,16H,4-5,11H2,1-3H3,(H,18,20)/t12-,16?/m1/s1. The van der Waals surface area contributed by atoms with Crippen molar-refractivity contribution in [3.63, 3.8) is 0 Å². The lowest BCUT2D eigenvalue weighted by Crippen LogP contribution is -2.68. The summed E-state index contributed by atoms with van der Waals surface area (Å²) in [5.41, 5.74) is 0.407. The van der Waals surface area contributed by atoms with Crippen LogP contribution in [0.2, 0.25) is 0 Å². The number of carbonyl (C=O) groups excluding carboxylic acids is 2. The van der Waals surface area contributed by atoms with Crippen LogP contribution in [0.5, 0.6) is 0 Å². The fourth-order valence-corrected chi connectivity index (χ4v) is 2.65. The molecule has 0 spiro atoms. The Morgan fingerprint density at radius 3 is 2.45 bits per heavy atom. The van der Waals surface area contributed by atoms with Crippen molar-refractivity contribution in [1.29, 1.82) is 0 Å². The highest BCUT2D eigenvalue weighted by Gasteiger charge is 2.54. The maximum absolute atomic E-state index is 12.0. The van der Waals surface area contributed by atoms with Crippen LogP contribution in [0, 0.1) is 5.41 Å². The second-order valence-electron chi connectivity index (χ2n) is 5.59. The summed E-state index contributed by atoms with van der Waals surface area (Å²) in [6, 6.07) is 9.48. The van der Waals surface area contributed by atoms with Crippen LogP contribution in [0.4, 0.5) is 0 Å². The summed E-state index contributed by atoms with van der Waals surface area (Å²) in [5, 5.41) is 2.73. The Morgan fingerprint density at radius 2 is 1.91 bits per heavy atom. The molecule has 2 rings (SSSR count). The lowest BCUT2D eigenvalue weighted by Gasteiger charge is -2.47. The second kappa shape index (κ2) is 6.92. The van der Waals surface area contributed by atoms with Crippen LogP contribution in [0.1, 0.15) is 39.2 Å². The van der Waals surface area contributed by atoms with Gasteiger partial charge in [0.05, 0.1) is 5.41 Å². The van der Waals surface area contributed by atoms with Gasteiger partial charge in [0.25, 0.3) is 0 Å². The van der Waals surface area contributed by atoms with E-state index in [-0.39, 0.29) is 12.5 Å². The third-order valence-corrected chi connectivity index (χ3v) is 4.37. The third kappa shape index (κ3) is 3.14. The van der Waals surface area contributed by atoms with E-state index in [0.717, 1.165) is 5.56 Å². The van der Waals surface area contributed by atoms with Crippen LogP contribution >= 0.6 is 0 Å². The lowest BCUT2D eigenvalue weighted by molar-refractivity contribution is -0.194. The van der Waals surface area contributed by atoms with Gasteiger partial charge in [0.1, 0.15) is 12.8 Å². The van der Waals surface area contributed by atoms with Crippen LogP contribution in [-0.2, 0) is 25.7 Å². The highest BCUT2D eigenvalue weighted by molar-refractivity contribution is 5.89. The predicted molar refractivity (Wildman–Crippen MR) is 81.7 cm³/mol. The zero-order chi connectivity index (χ0) is 16.2. The van der Waals surface area contributed by atoms with Crippen molar-refractivity contribution in [3.8, 4) is 0 Å². The molecular formula is C17H23NO4. The molecule has 120 valence electrons. The molecule has 1 aliphatic rings.